The number of carboxylic acids is 1. The first-order valence-electron chi connectivity index (χ1n) is 10.2. The van der Waals surface area contributed by atoms with Gasteiger partial charge >= 0.3 is 5.97 Å². The molecule has 2 fully saturated rings. The number of nitrogens with zero attached hydrogens (tertiary/aromatic N) is 1. The maximum absolute atomic E-state index is 12.8. The number of benzene rings is 1. The largest absolute Gasteiger partial charge is 0.481 e. The summed E-state index contributed by atoms with van der Waals surface area (Å²) in [5.41, 5.74) is 3.19. The second-order valence-electron chi connectivity index (χ2n) is 7.89. The van der Waals surface area contributed by atoms with Crippen LogP contribution < -0.4 is 5.32 Å². The van der Waals surface area contributed by atoms with Crippen molar-refractivity contribution in [2.45, 2.75) is 58.2 Å². The number of aryl methyl sites for hydroxylation is 2. The number of ether oxygens (including phenoxy) is 1. The molecule has 0 spiro atoms. The van der Waals surface area contributed by atoms with Gasteiger partial charge in [-0.2, -0.15) is 0 Å². The molecule has 4 rings (SSSR count). The van der Waals surface area contributed by atoms with Gasteiger partial charge in [0, 0.05) is 10.4 Å². The van der Waals surface area contributed by atoms with Crippen LogP contribution in [0, 0.1) is 18.8 Å². The lowest BCUT2D eigenvalue weighted by Crippen LogP contribution is -2.40. The SMILES string of the molecule is CCCCc1ccc(-c2nc(NC(=O)[C@H]3[C@@H](C(=O)O)[C@@H]4CC[C@H]3O4)sc2C)cc1. The molecule has 2 bridgehead atoms. The lowest BCUT2D eigenvalue weighted by atomic mass is 9.79. The molecule has 3 heterocycles. The molecule has 1 aromatic heterocycles. The van der Waals surface area contributed by atoms with Crippen LogP contribution in [0.25, 0.3) is 11.3 Å². The fourth-order valence-electron chi connectivity index (χ4n) is 4.44. The summed E-state index contributed by atoms with van der Waals surface area (Å²) in [4.78, 5) is 30.1. The Morgan fingerprint density at radius 3 is 2.55 bits per heavy atom. The molecule has 2 aliphatic rings. The highest BCUT2D eigenvalue weighted by molar-refractivity contribution is 7.16. The summed E-state index contributed by atoms with van der Waals surface area (Å²) in [7, 11) is 0. The Balaban J connectivity index is 1.48. The zero-order chi connectivity index (χ0) is 20.5. The molecule has 7 heteroatoms. The van der Waals surface area contributed by atoms with Gasteiger partial charge in [0.05, 0.1) is 29.7 Å². The van der Waals surface area contributed by atoms with E-state index in [9.17, 15) is 14.7 Å². The van der Waals surface area contributed by atoms with E-state index < -0.39 is 17.8 Å². The van der Waals surface area contributed by atoms with Crippen molar-refractivity contribution in [2.75, 3.05) is 5.32 Å². The number of aromatic nitrogens is 1. The predicted octanol–water partition coefficient (Wildman–Crippen LogP) is 4.28. The number of aliphatic carboxylic acids is 1. The highest BCUT2D eigenvalue weighted by Gasteiger charge is 2.55. The number of nitrogens with one attached hydrogen (secondary N) is 1. The highest BCUT2D eigenvalue weighted by Crippen LogP contribution is 2.44. The number of anilines is 1. The van der Waals surface area contributed by atoms with Crippen LogP contribution in [0.1, 0.15) is 43.0 Å². The molecular weight excluding hydrogens is 388 g/mol. The van der Waals surface area contributed by atoms with E-state index in [0.717, 1.165) is 29.0 Å². The molecule has 4 atom stereocenters. The van der Waals surface area contributed by atoms with Crippen LogP contribution in [0.2, 0.25) is 0 Å². The van der Waals surface area contributed by atoms with Gasteiger partial charge in [-0.25, -0.2) is 4.98 Å². The van der Waals surface area contributed by atoms with Crippen molar-refractivity contribution in [1.82, 2.24) is 4.98 Å². The number of fused-ring (bicyclic) bond motifs is 2. The normalized spacial score (nSPS) is 25.3. The standard InChI is InChI=1S/C22H26N2O4S/c1-3-4-5-13-6-8-14(9-7-13)19-12(2)29-22(23-19)24-20(25)17-15-10-11-16(28-15)18(17)21(26)27/h6-9,15-18H,3-5,10-11H2,1-2H3,(H,26,27)(H,23,24,25)/t15-,16+,17-,18+/m1/s1. The van der Waals surface area contributed by atoms with Gasteiger partial charge in [0.2, 0.25) is 5.91 Å². The van der Waals surface area contributed by atoms with E-state index in [-0.39, 0.29) is 18.1 Å². The van der Waals surface area contributed by atoms with Crippen LogP contribution in [-0.4, -0.2) is 34.2 Å². The molecule has 2 N–H and O–H groups in total. The molecular formula is C22H26N2O4S. The minimum absolute atomic E-state index is 0.306. The number of amides is 1. The first-order valence-corrected chi connectivity index (χ1v) is 11.1. The fraction of sp³-hybridized carbons (Fsp3) is 0.500. The van der Waals surface area contributed by atoms with E-state index >= 15 is 0 Å². The summed E-state index contributed by atoms with van der Waals surface area (Å²) in [5.74, 6) is -2.70. The lowest BCUT2D eigenvalue weighted by Gasteiger charge is -2.23. The van der Waals surface area contributed by atoms with Gasteiger partial charge in [0.25, 0.3) is 0 Å². The van der Waals surface area contributed by atoms with Gasteiger partial charge in [-0.3, -0.25) is 9.59 Å². The third kappa shape index (κ3) is 3.94. The molecule has 154 valence electrons. The van der Waals surface area contributed by atoms with E-state index in [0.29, 0.717) is 11.6 Å². The lowest BCUT2D eigenvalue weighted by molar-refractivity contribution is -0.147. The Morgan fingerprint density at radius 1 is 1.21 bits per heavy atom. The Bertz CT molecular complexity index is 908. The minimum atomic E-state index is -0.962. The summed E-state index contributed by atoms with van der Waals surface area (Å²) >= 11 is 1.41. The quantitative estimate of drug-likeness (QED) is 0.706. The first-order chi connectivity index (χ1) is 14.0. The van der Waals surface area contributed by atoms with Crippen molar-refractivity contribution in [3.63, 3.8) is 0 Å². The van der Waals surface area contributed by atoms with Gasteiger partial charge in [-0.05, 0) is 38.2 Å². The Kier molecular flexibility index (Phi) is 5.69. The number of rotatable bonds is 7. The molecule has 1 amide bonds. The van der Waals surface area contributed by atoms with E-state index in [1.165, 1.54) is 29.7 Å². The highest BCUT2D eigenvalue weighted by atomic mass is 32.1. The minimum Gasteiger partial charge on any atom is -0.481 e. The van der Waals surface area contributed by atoms with Crippen LogP contribution in [0.15, 0.2) is 24.3 Å². The molecule has 6 nitrogen and oxygen atoms in total. The zero-order valence-electron chi connectivity index (χ0n) is 16.7. The van der Waals surface area contributed by atoms with Gasteiger partial charge in [-0.1, -0.05) is 37.6 Å². The van der Waals surface area contributed by atoms with Crippen LogP contribution in [-0.2, 0) is 20.7 Å². The number of hydrogen-bond donors (Lipinski definition) is 2. The molecule has 0 saturated carbocycles. The van der Waals surface area contributed by atoms with Crippen molar-refractivity contribution in [3.05, 3.63) is 34.7 Å². The molecule has 2 aliphatic heterocycles. The molecule has 2 aromatic rings. The van der Waals surface area contributed by atoms with Gasteiger partial charge < -0.3 is 15.2 Å². The van der Waals surface area contributed by atoms with Gasteiger partial charge in [-0.15, -0.1) is 11.3 Å². The molecule has 0 unspecified atom stereocenters. The van der Waals surface area contributed by atoms with Gasteiger partial charge in [0.1, 0.15) is 0 Å². The van der Waals surface area contributed by atoms with Crippen molar-refractivity contribution in [3.8, 4) is 11.3 Å². The number of carboxylic acid groups (broad SMARTS) is 1. The number of unbranched alkanes of at least 4 members (excludes halogenated alkanes) is 1. The van der Waals surface area contributed by atoms with E-state index in [4.69, 9.17) is 4.74 Å². The van der Waals surface area contributed by atoms with Crippen LogP contribution >= 0.6 is 11.3 Å². The second-order valence-corrected chi connectivity index (χ2v) is 9.10. The number of carbonyl (C=O) groups excluding carboxylic acids is 1. The second kappa shape index (κ2) is 8.24. The summed E-state index contributed by atoms with van der Waals surface area (Å²) in [6.45, 7) is 4.17. The Morgan fingerprint density at radius 2 is 1.90 bits per heavy atom. The summed E-state index contributed by atoms with van der Waals surface area (Å²) in [5, 5.41) is 12.9. The van der Waals surface area contributed by atoms with Crippen molar-refractivity contribution >= 4 is 28.3 Å². The average Bonchev–Trinajstić information content (AvgIpc) is 3.41. The summed E-state index contributed by atoms with van der Waals surface area (Å²) in [6.07, 6.45) is 4.20. The molecule has 1 aromatic carbocycles. The van der Waals surface area contributed by atoms with Crippen LogP contribution in [0.3, 0.4) is 0 Å². The van der Waals surface area contributed by atoms with Gasteiger partial charge in [0.15, 0.2) is 5.13 Å². The smallest absolute Gasteiger partial charge is 0.310 e. The number of carbonyl (C=O) groups is 2. The monoisotopic (exact) mass is 414 g/mol. The molecule has 29 heavy (non-hydrogen) atoms. The maximum atomic E-state index is 12.8. The van der Waals surface area contributed by atoms with E-state index in [1.807, 2.05) is 6.92 Å². The molecule has 2 saturated heterocycles. The third-order valence-electron chi connectivity index (χ3n) is 5.93. The fourth-order valence-corrected chi connectivity index (χ4v) is 5.28. The Labute approximate surface area is 174 Å². The maximum Gasteiger partial charge on any atom is 0.310 e. The van der Waals surface area contributed by atoms with Crippen molar-refractivity contribution < 1.29 is 19.4 Å². The summed E-state index contributed by atoms with van der Waals surface area (Å²) in [6, 6.07) is 8.41. The molecule has 0 aliphatic carbocycles. The topological polar surface area (TPSA) is 88.5 Å². The third-order valence-corrected chi connectivity index (χ3v) is 6.82. The number of hydrogen-bond acceptors (Lipinski definition) is 5. The van der Waals surface area contributed by atoms with Crippen LogP contribution in [0.5, 0.6) is 0 Å². The Hall–Kier alpha value is -2.25. The molecule has 0 radical (unpaired) electrons. The van der Waals surface area contributed by atoms with Crippen molar-refractivity contribution in [1.29, 1.82) is 0 Å². The number of thiazole rings is 1. The predicted molar refractivity (Wildman–Crippen MR) is 112 cm³/mol. The summed E-state index contributed by atoms with van der Waals surface area (Å²) < 4.78 is 5.70. The van der Waals surface area contributed by atoms with E-state index in [1.54, 1.807) is 0 Å². The average molecular weight is 415 g/mol. The first kappa shape index (κ1) is 20.0. The van der Waals surface area contributed by atoms with Crippen LogP contribution in [0.4, 0.5) is 5.13 Å². The van der Waals surface area contributed by atoms with Crippen molar-refractivity contribution in [2.24, 2.45) is 11.8 Å². The van der Waals surface area contributed by atoms with E-state index in [2.05, 4.69) is 41.5 Å². The zero-order valence-corrected chi connectivity index (χ0v) is 17.5.